The molecular weight excluding hydrogens is 188 g/mol. The molecule has 15 heavy (non-hydrogen) atoms. The molecule has 88 valence electrons. The lowest BCUT2D eigenvalue weighted by Crippen LogP contribution is -2.29. The Morgan fingerprint density at radius 1 is 1.47 bits per heavy atom. The van der Waals surface area contributed by atoms with E-state index in [1.165, 1.54) is 12.8 Å². The molecule has 3 nitrogen and oxygen atoms in total. The van der Waals surface area contributed by atoms with E-state index in [0.717, 1.165) is 25.9 Å². The number of carbonyl (C=O) groups is 1. The van der Waals surface area contributed by atoms with Crippen LogP contribution in [0.1, 0.15) is 46.0 Å². The lowest BCUT2D eigenvalue weighted by atomic mass is 10.0. The fourth-order valence-corrected chi connectivity index (χ4v) is 1.60. The fraction of sp³-hybridized carbons (Fsp3) is 0.917. The maximum atomic E-state index is 11.5. The minimum absolute atomic E-state index is 0.201. The van der Waals surface area contributed by atoms with Crippen LogP contribution >= 0.6 is 0 Å². The van der Waals surface area contributed by atoms with Crippen molar-refractivity contribution in [2.75, 3.05) is 13.1 Å². The van der Waals surface area contributed by atoms with Gasteiger partial charge in [-0.15, -0.1) is 0 Å². The van der Waals surface area contributed by atoms with E-state index < -0.39 is 0 Å². The zero-order chi connectivity index (χ0) is 11.3. The summed E-state index contributed by atoms with van der Waals surface area (Å²) in [6.45, 7) is 5.96. The maximum Gasteiger partial charge on any atom is 0.220 e. The second kappa shape index (κ2) is 5.50. The highest BCUT2D eigenvalue weighted by molar-refractivity contribution is 5.75. The Morgan fingerprint density at radius 3 is 2.67 bits per heavy atom. The zero-order valence-corrected chi connectivity index (χ0v) is 10.0. The van der Waals surface area contributed by atoms with Crippen LogP contribution in [0.15, 0.2) is 0 Å². The van der Waals surface area contributed by atoms with Crippen molar-refractivity contribution in [3.8, 4) is 0 Å². The summed E-state index contributed by atoms with van der Waals surface area (Å²) in [5.74, 6) is 0.768. The van der Waals surface area contributed by atoms with Crippen molar-refractivity contribution >= 4 is 5.91 Å². The summed E-state index contributed by atoms with van der Waals surface area (Å²) in [6.07, 6.45) is 5.15. The van der Waals surface area contributed by atoms with Gasteiger partial charge in [-0.2, -0.15) is 0 Å². The van der Waals surface area contributed by atoms with Crippen LogP contribution in [0.25, 0.3) is 0 Å². The molecular formula is C12H24N2O. The topological polar surface area (TPSA) is 55.1 Å². The van der Waals surface area contributed by atoms with Crippen molar-refractivity contribution in [1.29, 1.82) is 0 Å². The van der Waals surface area contributed by atoms with Gasteiger partial charge < -0.3 is 11.1 Å². The number of carbonyl (C=O) groups excluding carboxylic acids is 1. The fourth-order valence-electron chi connectivity index (χ4n) is 1.60. The van der Waals surface area contributed by atoms with Crippen LogP contribution in [0.5, 0.6) is 0 Å². The molecule has 1 atom stereocenters. The lowest BCUT2D eigenvalue weighted by Gasteiger charge is -2.12. The summed E-state index contributed by atoms with van der Waals surface area (Å²) in [5, 5.41) is 3.01. The highest BCUT2D eigenvalue weighted by atomic mass is 16.1. The molecule has 3 N–H and O–H groups in total. The average molecular weight is 212 g/mol. The molecule has 0 spiro atoms. The molecule has 1 unspecified atom stereocenters. The van der Waals surface area contributed by atoms with E-state index in [1.54, 1.807) is 0 Å². The molecule has 0 heterocycles. The van der Waals surface area contributed by atoms with Crippen molar-refractivity contribution in [2.45, 2.75) is 46.0 Å². The SMILES string of the molecule is CC(CCN)CCC(=O)NCC1(C)CC1. The predicted octanol–water partition coefficient (Wildman–Crippen LogP) is 1.67. The van der Waals surface area contributed by atoms with Crippen molar-refractivity contribution in [2.24, 2.45) is 17.1 Å². The summed E-state index contributed by atoms with van der Waals surface area (Å²) in [6, 6.07) is 0. The van der Waals surface area contributed by atoms with Crippen LogP contribution in [-0.4, -0.2) is 19.0 Å². The first kappa shape index (κ1) is 12.5. The Balaban J connectivity index is 2.02. The minimum atomic E-state index is 0.201. The molecule has 1 fully saturated rings. The van der Waals surface area contributed by atoms with Gasteiger partial charge in [-0.25, -0.2) is 0 Å². The Morgan fingerprint density at radius 2 is 2.13 bits per heavy atom. The standard InChI is InChI=1S/C12H24N2O/c1-10(5-8-13)3-4-11(15)14-9-12(2)6-7-12/h10H,3-9,13H2,1-2H3,(H,14,15). The molecule has 1 amide bonds. The van der Waals surface area contributed by atoms with Gasteiger partial charge >= 0.3 is 0 Å². The first-order valence-corrected chi connectivity index (χ1v) is 6.02. The van der Waals surface area contributed by atoms with Gasteiger partial charge in [-0.1, -0.05) is 13.8 Å². The quantitative estimate of drug-likeness (QED) is 0.674. The molecule has 0 bridgehead atoms. The van der Waals surface area contributed by atoms with Crippen LogP contribution in [0.3, 0.4) is 0 Å². The Hall–Kier alpha value is -0.570. The summed E-state index contributed by atoms with van der Waals surface area (Å²) < 4.78 is 0. The predicted molar refractivity (Wildman–Crippen MR) is 62.4 cm³/mol. The third-order valence-corrected chi connectivity index (χ3v) is 3.34. The number of hydrogen-bond donors (Lipinski definition) is 2. The smallest absolute Gasteiger partial charge is 0.220 e. The van der Waals surface area contributed by atoms with Gasteiger partial charge in [-0.3, -0.25) is 4.79 Å². The van der Waals surface area contributed by atoms with Crippen LogP contribution in [0.2, 0.25) is 0 Å². The Kier molecular flexibility index (Phi) is 4.58. The van der Waals surface area contributed by atoms with E-state index in [0.29, 0.717) is 17.8 Å². The first-order chi connectivity index (χ1) is 7.06. The number of nitrogens with two attached hydrogens (primary N) is 1. The highest BCUT2D eigenvalue weighted by Crippen LogP contribution is 2.44. The van der Waals surface area contributed by atoms with Gasteiger partial charge in [0.1, 0.15) is 0 Å². The molecule has 1 aliphatic rings. The molecule has 0 radical (unpaired) electrons. The second-order valence-electron chi connectivity index (χ2n) is 5.31. The monoisotopic (exact) mass is 212 g/mol. The summed E-state index contributed by atoms with van der Waals surface area (Å²) in [4.78, 5) is 11.5. The summed E-state index contributed by atoms with van der Waals surface area (Å²) in [7, 11) is 0. The van der Waals surface area contributed by atoms with Crippen molar-refractivity contribution in [3.63, 3.8) is 0 Å². The van der Waals surface area contributed by atoms with Crippen molar-refractivity contribution < 1.29 is 4.79 Å². The summed E-state index contributed by atoms with van der Waals surface area (Å²) in [5.41, 5.74) is 5.87. The number of nitrogens with one attached hydrogen (secondary N) is 1. The molecule has 0 aromatic rings. The molecule has 0 aliphatic heterocycles. The van der Waals surface area contributed by atoms with Gasteiger partial charge in [0.2, 0.25) is 5.91 Å². The second-order valence-corrected chi connectivity index (χ2v) is 5.31. The molecule has 1 rings (SSSR count). The van der Waals surface area contributed by atoms with E-state index in [-0.39, 0.29) is 5.91 Å². The van der Waals surface area contributed by atoms with E-state index in [9.17, 15) is 4.79 Å². The molecule has 0 aromatic carbocycles. The van der Waals surface area contributed by atoms with E-state index in [2.05, 4.69) is 19.2 Å². The average Bonchev–Trinajstić information content (AvgIpc) is 2.92. The van der Waals surface area contributed by atoms with Crippen LogP contribution in [0.4, 0.5) is 0 Å². The van der Waals surface area contributed by atoms with Gasteiger partial charge in [0.15, 0.2) is 0 Å². The normalized spacial score (nSPS) is 19.7. The first-order valence-electron chi connectivity index (χ1n) is 6.02. The number of amides is 1. The van der Waals surface area contributed by atoms with Gasteiger partial charge in [0.25, 0.3) is 0 Å². The van der Waals surface area contributed by atoms with Gasteiger partial charge in [0, 0.05) is 13.0 Å². The van der Waals surface area contributed by atoms with Gasteiger partial charge in [-0.05, 0) is 43.6 Å². The molecule has 1 saturated carbocycles. The van der Waals surface area contributed by atoms with Crippen LogP contribution < -0.4 is 11.1 Å². The molecule has 0 aromatic heterocycles. The zero-order valence-electron chi connectivity index (χ0n) is 10.0. The van der Waals surface area contributed by atoms with Crippen molar-refractivity contribution in [1.82, 2.24) is 5.32 Å². The third kappa shape index (κ3) is 5.17. The maximum absolute atomic E-state index is 11.5. The number of hydrogen-bond acceptors (Lipinski definition) is 2. The Bertz CT molecular complexity index is 212. The lowest BCUT2D eigenvalue weighted by molar-refractivity contribution is -0.121. The van der Waals surface area contributed by atoms with Gasteiger partial charge in [0.05, 0.1) is 0 Å². The molecule has 0 saturated heterocycles. The largest absolute Gasteiger partial charge is 0.356 e. The van der Waals surface area contributed by atoms with Crippen LogP contribution in [-0.2, 0) is 4.79 Å². The minimum Gasteiger partial charge on any atom is -0.356 e. The highest BCUT2D eigenvalue weighted by Gasteiger charge is 2.37. The number of rotatable bonds is 7. The third-order valence-electron chi connectivity index (χ3n) is 3.34. The molecule has 1 aliphatic carbocycles. The van der Waals surface area contributed by atoms with E-state index >= 15 is 0 Å². The van der Waals surface area contributed by atoms with Crippen molar-refractivity contribution in [3.05, 3.63) is 0 Å². The molecule has 3 heteroatoms. The van der Waals surface area contributed by atoms with E-state index in [1.807, 2.05) is 0 Å². The van der Waals surface area contributed by atoms with Crippen LogP contribution in [0, 0.1) is 11.3 Å². The Labute approximate surface area is 92.8 Å². The summed E-state index contributed by atoms with van der Waals surface area (Å²) >= 11 is 0. The van der Waals surface area contributed by atoms with E-state index in [4.69, 9.17) is 5.73 Å².